The van der Waals surface area contributed by atoms with Gasteiger partial charge in [-0.25, -0.2) is 4.99 Å². The van der Waals surface area contributed by atoms with Crippen molar-refractivity contribution < 1.29 is 28.9 Å². The summed E-state index contributed by atoms with van der Waals surface area (Å²) in [7, 11) is 4.52. The van der Waals surface area contributed by atoms with Crippen molar-refractivity contribution in [2.45, 2.75) is 0 Å². The SMILES string of the molecule is COc1cc(/C=C2\SC(=Nc3ccccc3C(=O)[O-])NC2=O)cc(OC)c1OC. The van der Waals surface area contributed by atoms with Crippen molar-refractivity contribution >= 4 is 40.6 Å². The lowest BCUT2D eigenvalue weighted by molar-refractivity contribution is -0.254. The number of rotatable bonds is 6. The molecule has 1 N–H and O–H groups in total. The molecule has 29 heavy (non-hydrogen) atoms. The highest BCUT2D eigenvalue weighted by molar-refractivity contribution is 8.18. The number of amidine groups is 1. The summed E-state index contributed by atoms with van der Waals surface area (Å²) in [4.78, 5) is 28.2. The minimum atomic E-state index is -1.34. The van der Waals surface area contributed by atoms with E-state index in [-0.39, 0.29) is 22.3 Å². The van der Waals surface area contributed by atoms with Gasteiger partial charge in [-0.3, -0.25) is 4.79 Å². The number of carboxylic acid groups (broad SMARTS) is 1. The number of nitrogens with zero attached hydrogens (tertiary/aromatic N) is 1. The van der Waals surface area contributed by atoms with Crippen LogP contribution in [-0.4, -0.2) is 38.4 Å². The summed E-state index contributed by atoms with van der Waals surface area (Å²) in [6.07, 6.45) is 1.65. The Hall–Kier alpha value is -3.46. The van der Waals surface area contributed by atoms with Crippen LogP contribution < -0.4 is 24.6 Å². The lowest BCUT2D eigenvalue weighted by atomic mass is 10.1. The number of hydrogen-bond acceptors (Lipinski definition) is 8. The number of nitrogens with one attached hydrogen (secondary N) is 1. The van der Waals surface area contributed by atoms with Crippen LogP contribution in [0.15, 0.2) is 46.3 Å². The van der Waals surface area contributed by atoms with Crippen molar-refractivity contribution in [3.8, 4) is 17.2 Å². The van der Waals surface area contributed by atoms with Gasteiger partial charge in [-0.05, 0) is 41.6 Å². The zero-order chi connectivity index (χ0) is 21.0. The predicted octanol–water partition coefficient (Wildman–Crippen LogP) is 1.97. The number of aromatic carboxylic acids is 1. The fraction of sp³-hybridized carbons (Fsp3) is 0.150. The van der Waals surface area contributed by atoms with Gasteiger partial charge >= 0.3 is 0 Å². The molecule has 1 saturated heterocycles. The van der Waals surface area contributed by atoms with Gasteiger partial charge in [0, 0.05) is 5.56 Å². The molecular weight excluding hydrogens is 396 g/mol. The zero-order valence-corrected chi connectivity index (χ0v) is 16.7. The van der Waals surface area contributed by atoms with E-state index in [1.54, 1.807) is 30.3 Å². The highest BCUT2D eigenvalue weighted by Gasteiger charge is 2.24. The number of thioether (sulfide) groups is 1. The van der Waals surface area contributed by atoms with Gasteiger partial charge in [-0.1, -0.05) is 18.2 Å². The molecule has 1 aliphatic heterocycles. The quantitative estimate of drug-likeness (QED) is 0.721. The average molecular weight is 413 g/mol. The van der Waals surface area contributed by atoms with Gasteiger partial charge in [0.05, 0.1) is 37.9 Å². The van der Waals surface area contributed by atoms with Gasteiger partial charge in [0.25, 0.3) is 5.91 Å². The number of carbonyl (C=O) groups is 2. The van der Waals surface area contributed by atoms with Gasteiger partial charge in [0.1, 0.15) is 0 Å². The van der Waals surface area contributed by atoms with E-state index in [0.717, 1.165) is 11.8 Å². The lowest BCUT2D eigenvalue weighted by Crippen LogP contribution is -2.23. The van der Waals surface area contributed by atoms with Crippen molar-refractivity contribution in [1.82, 2.24) is 5.32 Å². The van der Waals surface area contributed by atoms with Crippen LogP contribution in [0.5, 0.6) is 17.2 Å². The van der Waals surface area contributed by atoms with E-state index in [1.807, 2.05) is 0 Å². The molecule has 0 saturated carbocycles. The maximum atomic E-state index is 12.3. The number of aliphatic imine (C=N–C) groups is 1. The Balaban J connectivity index is 1.93. The molecule has 1 amide bonds. The smallest absolute Gasteiger partial charge is 0.264 e. The van der Waals surface area contributed by atoms with Crippen LogP contribution in [0.25, 0.3) is 6.08 Å². The summed E-state index contributed by atoms with van der Waals surface area (Å²) >= 11 is 1.09. The summed E-state index contributed by atoms with van der Waals surface area (Å²) in [5.74, 6) is -0.333. The van der Waals surface area contributed by atoms with Crippen molar-refractivity contribution in [2.24, 2.45) is 4.99 Å². The number of carboxylic acids is 1. The van der Waals surface area contributed by atoms with Crippen molar-refractivity contribution in [1.29, 1.82) is 0 Å². The number of benzene rings is 2. The van der Waals surface area contributed by atoms with Crippen LogP contribution in [0.3, 0.4) is 0 Å². The standard InChI is InChI=1S/C20H18N2O6S/c1-26-14-8-11(9-15(27-2)17(14)28-3)10-16-18(23)22-20(29-16)21-13-7-5-4-6-12(13)19(24)25/h4-10H,1-3H3,(H,24,25)(H,21,22,23)/p-1/b16-10-. The molecule has 150 valence electrons. The third-order valence-electron chi connectivity index (χ3n) is 3.98. The Morgan fingerprint density at radius 2 is 1.76 bits per heavy atom. The molecule has 1 aliphatic rings. The third-order valence-corrected chi connectivity index (χ3v) is 4.89. The first-order valence-corrected chi connectivity index (χ1v) is 9.18. The molecule has 3 rings (SSSR count). The Kier molecular flexibility index (Phi) is 6.08. The Labute approximate surface area is 171 Å². The highest BCUT2D eigenvalue weighted by atomic mass is 32.2. The van der Waals surface area contributed by atoms with E-state index < -0.39 is 5.97 Å². The van der Waals surface area contributed by atoms with Gasteiger partial charge in [0.2, 0.25) is 5.75 Å². The summed E-state index contributed by atoms with van der Waals surface area (Å²) in [5, 5.41) is 14.1. The maximum absolute atomic E-state index is 12.3. The van der Waals surface area contributed by atoms with E-state index >= 15 is 0 Å². The van der Waals surface area contributed by atoms with Gasteiger partial charge < -0.3 is 29.4 Å². The van der Waals surface area contributed by atoms with Crippen LogP contribution >= 0.6 is 11.8 Å². The molecular formula is C20H17N2O6S-. The Morgan fingerprint density at radius 1 is 1.10 bits per heavy atom. The first kappa shape index (κ1) is 20.3. The van der Waals surface area contributed by atoms with E-state index in [9.17, 15) is 14.7 Å². The molecule has 0 unspecified atom stereocenters. The van der Waals surface area contributed by atoms with Crippen LogP contribution in [0.1, 0.15) is 15.9 Å². The summed E-state index contributed by atoms with van der Waals surface area (Å²) in [6.45, 7) is 0. The van der Waals surface area contributed by atoms with E-state index in [4.69, 9.17) is 14.2 Å². The van der Waals surface area contributed by atoms with E-state index in [0.29, 0.717) is 27.7 Å². The van der Waals surface area contributed by atoms with Crippen molar-refractivity contribution in [3.05, 3.63) is 52.4 Å². The number of ether oxygens (including phenoxy) is 3. The average Bonchev–Trinajstić information content (AvgIpc) is 3.05. The van der Waals surface area contributed by atoms with Crippen LogP contribution in [0, 0.1) is 0 Å². The predicted molar refractivity (Wildman–Crippen MR) is 108 cm³/mol. The fourth-order valence-electron chi connectivity index (χ4n) is 2.67. The molecule has 0 atom stereocenters. The molecule has 0 bridgehead atoms. The first-order chi connectivity index (χ1) is 14.0. The van der Waals surface area contributed by atoms with Gasteiger partial charge in [-0.15, -0.1) is 0 Å². The molecule has 2 aromatic rings. The van der Waals surface area contributed by atoms with E-state index in [1.165, 1.54) is 33.5 Å². The molecule has 9 heteroatoms. The van der Waals surface area contributed by atoms with Gasteiger partial charge in [0.15, 0.2) is 16.7 Å². The zero-order valence-electron chi connectivity index (χ0n) is 15.8. The summed E-state index contributed by atoms with van der Waals surface area (Å²) in [5.41, 5.74) is 0.801. The molecule has 8 nitrogen and oxygen atoms in total. The number of carbonyl (C=O) groups excluding carboxylic acids is 2. The van der Waals surface area contributed by atoms with Crippen molar-refractivity contribution in [3.63, 3.8) is 0 Å². The molecule has 0 spiro atoms. The highest BCUT2D eigenvalue weighted by Crippen LogP contribution is 2.39. The third kappa shape index (κ3) is 4.35. The largest absolute Gasteiger partial charge is 0.545 e. The van der Waals surface area contributed by atoms with Crippen LogP contribution in [-0.2, 0) is 4.79 Å². The normalized spacial score (nSPS) is 16.0. The number of methoxy groups -OCH3 is 3. The van der Waals surface area contributed by atoms with Crippen LogP contribution in [0.2, 0.25) is 0 Å². The fourth-order valence-corrected chi connectivity index (χ4v) is 3.50. The number of hydrogen-bond donors (Lipinski definition) is 1. The molecule has 0 aliphatic carbocycles. The minimum Gasteiger partial charge on any atom is -0.545 e. The molecule has 0 radical (unpaired) electrons. The molecule has 0 aromatic heterocycles. The minimum absolute atomic E-state index is 0.0584. The van der Waals surface area contributed by atoms with E-state index in [2.05, 4.69) is 10.3 Å². The molecule has 1 heterocycles. The van der Waals surface area contributed by atoms with Gasteiger partial charge in [-0.2, -0.15) is 0 Å². The molecule has 2 aromatic carbocycles. The summed E-state index contributed by atoms with van der Waals surface area (Å²) < 4.78 is 15.9. The Morgan fingerprint density at radius 3 is 2.34 bits per heavy atom. The maximum Gasteiger partial charge on any atom is 0.264 e. The number of para-hydroxylation sites is 1. The first-order valence-electron chi connectivity index (χ1n) is 8.36. The second kappa shape index (κ2) is 8.70. The van der Waals surface area contributed by atoms with Crippen LogP contribution in [0.4, 0.5) is 5.69 Å². The molecule has 1 fully saturated rings. The number of amides is 1. The van der Waals surface area contributed by atoms with Crippen molar-refractivity contribution in [2.75, 3.05) is 21.3 Å². The monoisotopic (exact) mass is 413 g/mol. The Bertz CT molecular complexity index is 1010. The second-order valence-electron chi connectivity index (χ2n) is 5.75. The second-order valence-corrected chi connectivity index (χ2v) is 6.78. The topological polar surface area (TPSA) is 109 Å². The summed E-state index contributed by atoms with van der Waals surface area (Å²) in [6, 6.07) is 9.57. The lowest BCUT2D eigenvalue weighted by Gasteiger charge is -2.12.